The highest BCUT2D eigenvalue weighted by Gasteiger charge is 2.13. The maximum atomic E-state index is 12.2. The monoisotopic (exact) mass is 513 g/mol. The number of halogens is 3. The average Bonchev–Trinajstić information content (AvgIpc) is 3.16. The Morgan fingerprint density at radius 1 is 0.853 bits per heavy atom. The fourth-order valence-electron chi connectivity index (χ4n) is 4.00. The number of hydrogen-bond acceptors (Lipinski definition) is 2. The van der Waals surface area contributed by atoms with Crippen LogP contribution in [0.4, 0.5) is 0 Å². The minimum atomic E-state index is -0.00487. The molecule has 34 heavy (non-hydrogen) atoms. The molecule has 1 aromatic heterocycles. The first-order valence-corrected chi connectivity index (χ1v) is 12.5. The van der Waals surface area contributed by atoms with Gasteiger partial charge in [0.1, 0.15) is 5.82 Å². The third-order valence-electron chi connectivity index (χ3n) is 5.79. The Bertz CT molecular complexity index is 1290. The molecule has 4 rings (SSSR count). The largest absolute Gasteiger partial charge is 0.356 e. The molecule has 4 aromatic rings. The highest BCUT2D eigenvalue weighted by Crippen LogP contribution is 2.25. The van der Waals surface area contributed by atoms with E-state index in [1.165, 1.54) is 0 Å². The molecule has 1 amide bonds. The van der Waals surface area contributed by atoms with Crippen molar-refractivity contribution in [1.82, 2.24) is 14.9 Å². The molecule has 1 heterocycles. The molecule has 0 aliphatic carbocycles. The molecule has 0 unspecified atom stereocenters. The van der Waals surface area contributed by atoms with E-state index in [1.807, 2.05) is 48.5 Å². The number of rotatable bonds is 10. The Hall–Kier alpha value is -2.53. The smallest absolute Gasteiger partial charge is 0.224 e. The van der Waals surface area contributed by atoms with Crippen molar-refractivity contribution in [2.24, 2.45) is 0 Å². The van der Waals surface area contributed by atoms with Gasteiger partial charge in [-0.15, -0.1) is 0 Å². The SMILES string of the molecule is O=C(Cc1ccccc1Cl)NCCCCCc1nc2ccccc2n1Cc1ccc(Cl)cc1Cl. The zero-order chi connectivity index (χ0) is 23.9. The van der Waals surface area contributed by atoms with Gasteiger partial charge < -0.3 is 9.88 Å². The van der Waals surface area contributed by atoms with Crippen molar-refractivity contribution in [3.05, 3.63) is 98.7 Å². The molecule has 4 nitrogen and oxygen atoms in total. The van der Waals surface area contributed by atoms with Crippen LogP contribution in [0.25, 0.3) is 11.0 Å². The minimum Gasteiger partial charge on any atom is -0.356 e. The maximum Gasteiger partial charge on any atom is 0.224 e. The molecular formula is C27H26Cl3N3O. The van der Waals surface area contributed by atoms with Crippen molar-refractivity contribution < 1.29 is 4.79 Å². The molecule has 0 aliphatic heterocycles. The quantitative estimate of drug-likeness (QED) is 0.229. The van der Waals surface area contributed by atoms with E-state index in [1.54, 1.807) is 12.1 Å². The Kier molecular flexibility index (Phi) is 8.49. The van der Waals surface area contributed by atoms with Crippen LogP contribution in [0.2, 0.25) is 15.1 Å². The number of nitrogens with one attached hydrogen (secondary N) is 1. The van der Waals surface area contributed by atoms with E-state index in [0.717, 1.165) is 53.7 Å². The second kappa shape index (κ2) is 11.7. The van der Waals surface area contributed by atoms with Crippen molar-refractivity contribution in [1.29, 1.82) is 0 Å². The lowest BCUT2D eigenvalue weighted by atomic mass is 10.1. The van der Waals surface area contributed by atoms with Crippen LogP contribution >= 0.6 is 34.8 Å². The van der Waals surface area contributed by atoms with E-state index in [4.69, 9.17) is 39.8 Å². The molecule has 0 saturated heterocycles. The van der Waals surface area contributed by atoms with Gasteiger partial charge in [-0.05, 0) is 54.3 Å². The topological polar surface area (TPSA) is 46.9 Å². The number of nitrogens with zero attached hydrogens (tertiary/aromatic N) is 2. The molecule has 0 radical (unpaired) electrons. The van der Waals surface area contributed by atoms with Crippen LogP contribution in [0, 0.1) is 0 Å². The normalized spacial score (nSPS) is 11.1. The number of aromatic nitrogens is 2. The predicted molar refractivity (Wildman–Crippen MR) is 141 cm³/mol. The first-order chi connectivity index (χ1) is 16.5. The van der Waals surface area contributed by atoms with Gasteiger partial charge in [-0.2, -0.15) is 0 Å². The molecule has 3 aromatic carbocycles. The zero-order valence-electron chi connectivity index (χ0n) is 18.7. The van der Waals surface area contributed by atoms with Gasteiger partial charge in [0.15, 0.2) is 0 Å². The van der Waals surface area contributed by atoms with Crippen molar-refractivity contribution in [3.63, 3.8) is 0 Å². The third kappa shape index (κ3) is 6.32. The van der Waals surface area contributed by atoms with Crippen LogP contribution in [-0.4, -0.2) is 22.0 Å². The Morgan fingerprint density at radius 2 is 1.65 bits per heavy atom. The number of imidazole rings is 1. The minimum absolute atomic E-state index is 0.00487. The molecule has 0 aliphatic rings. The summed E-state index contributed by atoms with van der Waals surface area (Å²) in [7, 11) is 0. The van der Waals surface area contributed by atoms with Crippen LogP contribution in [0.5, 0.6) is 0 Å². The van der Waals surface area contributed by atoms with Crippen molar-refractivity contribution in [3.8, 4) is 0 Å². The number of aryl methyl sites for hydroxylation is 1. The van der Waals surface area contributed by atoms with Gasteiger partial charge in [0.25, 0.3) is 0 Å². The number of fused-ring (bicyclic) bond motifs is 1. The van der Waals surface area contributed by atoms with Crippen molar-refractivity contribution >= 4 is 51.7 Å². The highest BCUT2D eigenvalue weighted by atomic mass is 35.5. The molecule has 1 N–H and O–H groups in total. The van der Waals surface area contributed by atoms with Gasteiger partial charge in [0, 0.05) is 28.0 Å². The van der Waals surface area contributed by atoms with E-state index in [9.17, 15) is 4.79 Å². The number of benzene rings is 3. The Morgan fingerprint density at radius 3 is 2.47 bits per heavy atom. The summed E-state index contributed by atoms with van der Waals surface area (Å²) in [5.41, 5.74) is 3.93. The zero-order valence-corrected chi connectivity index (χ0v) is 21.0. The molecule has 0 spiro atoms. The Balaban J connectivity index is 1.31. The molecule has 0 bridgehead atoms. The summed E-state index contributed by atoms with van der Waals surface area (Å²) in [6.45, 7) is 1.30. The van der Waals surface area contributed by atoms with Gasteiger partial charge in [-0.25, -0.2) is 4.98 Å². The number of amides is 1. The standard InChI is InChI=1S/C27H26Cl3N3O/c28-21-14-13-20(23(30)17-21)18-33-25-11-6-5-10-24(25)32-26(33)12-2-1-7-15-31-27(34)16-19-8-3-4-9-22(19)29/h3-6,8-11,13-14,17H,1-2,7,12,15-16,18H2,(H,31,34). The predicted octanol–water partition coefficient (Wildman–Crippen LogP) is 7.12. The molecule has 176 valence electrons. The van der Waals surface area contributed by atoms with Gasteiger partial charge in [0.2, 0.25) is 5.91 Å². The number of unbranched alkanes of at least 4 members (excludes halogenated alkanes) is 2. The van der Waals surface area contributed by atoms with Gasteiger partial charge in [-0.3, -0.25) is 4.79 Å². The summed E-state index contributed by atoms with van der Waals surface area (Å²) in [5.74, 6) is 1.03. The van der Waals surface area contributed by atoms with Crippen LogP contribution in [-0.2, 0) is 24.2 Å². The summed E-state index contributed by atoms with van der Waals surface area (Å²) in [6, 6.07) is 21.2. The second-order valence-electron chi connectivity index (χ2n) is 8.27. The van der Waals surface area contributed by atoms with Gasteiger partial charge in [-0.1, -0.05) is 77.6 Å². The lowest BCUT2D eigenvalue weighted by Gasteiger charge is -2.11. The number of carbonyl (C=O) groups excluding carboxylic acids is 1. The summed E-state index contributed by atoms with van der Waals surface area (Å²) in [4.78, 5) is 17.1. The van der Waals surface area contributed by atoms with Crippen LogP contribution in [0.15, 0.2) is 66.7 Å². The molecule has 0 saturated carbocycles. The first kappa shape index (κ1) is 24.6. The van der Waals surface area contributed by atoms with Crippen LogP contribution < -0.4 is 5.32 Å². The van der Waals surface area contributed by atoms with E-state index in [0.29, 0.717) is 34.6 Å². The summed E-state index contributed by atoms with van der Waals surface area (Å²) < 4.78 is 2.23. The molecular weight excluding hydrogens is 489 g/mol. The lowest BCUT2D eigenvalue weighted by molar-refractivity contribution is -0.120. The van der Waals surface area contributed by atoms with E-state index >= 15 is 0 Å². The maximum absolute atomic E-state index is 12.2. The van der Waals surface area contributed by atoms with Crippen LogP contribution in [0.1, 0.15) is 36.2 Å². The number of hydrogen-bond donors (Lipinski definition) is 1. The van der Waals surface area contributed by atoms with E-state index in [2.05, 4.69) is 16.0 Å². The van der Waals surface area contributed by atoms with Crippen molar-refractivity contribution in [2.45, 2.75) is 38.6 Å². The summed E-state index contributed by atoms with van der Waals surface area (Å²) in [6.07, 6.45) is 4.05. The van der Waals surface area contributed by atoms with Crippen LogP contribution in [0.3, 0.4) is 0 Å². The molecule has 7 heteroatoms. The second-order valence-corrected chi connectivity index (χ2v) is 9.52. The molecule has 0 atom stereocenters. The van der Waals surface area contributed by atoms with Crippen molar-refractivity contribution in [2.75, 3.05) is 6.54 Å². The Labute approximate surface area is 214 Å². The average molecular weight is 515 g/mol. The number of carbonyl (C=O) groups is 1. The van der Waals surface area contributed by atoms with Gasteiger partial charge >= 0.3 is 0 Å². The van der Waals surface area contributed by atoms with E-state index < -0.39 is 0 Å². The van der Waals surface area contributed by atoms with Gasteiger partial charge in [0.05, 0.1) is 24.0 Å². The first-order valence-electron chi connectivity index (χ1n) is 11.4. The molecule has 0 fully saturated rings. The highest BCUT2D eigenvalue weighted by molar-refractivity contribution is 6.35. The fraction of sp³-hybridized carbons (Fsp3) is 0.259. The third-order valence-corrected chi connectivity index (χ3v) is 6.74. The lowest BCUT2D eigenvalue weighted by Crippen LogP contribution is -2.26. The fourth-order valence-corrected chi connectivity index (χ4v) is 4.67. The number of para-hydroxylation sites is 2. The summed E-state index contributed by atoms with van der Waals surface area (Å²) >= 11 is 18.6. The van der Waals surface area contributed by atoms with E-state index in [-0.39, 0.29) is 5.91 Å². The summed E-state index contributed by atoms with van der Waals surface area (Å²) in [5, 5.41) is 4.90.